The molecule has 0 aromatic carbocycles. The zero-order valence-corrected chi connectivity index (χ0v) is 11.0. The molecule has 1 fully saturated rings. The number of carbonyl (C=O) groups is 1. The molecule has 0 aliphatic carbocycles. The van der Waals surface area contributed by atoms with Crippen molar-refractivity contribution in [2.75, 3.05) is 19.8 Å². The van der Waals surface area contributed by atoms with Crippen LogP contribution in [0.25, 0.3) is 0 Å². The molecule has 2 atom stereocenters. The Morgan fingerprint density at radius 1 is 1.42 bits per heavy atom. The molecule has 19 heavy (non-hydrogen) atoms. The fourth-order valence-corrected chi connectivity index (χ4v) is 2.32. The Kier molecular flexibility index (Phi) is 5.30. The van der Waals surface area contributed by atoms with Crippen LogP contribution in [0.2, 0.25) is 0 Å². The summed E-state index contributed by atoms with van der Waals surface area (Å²) in [5.74, 6) is 0.407. The first kappa shape index (κ1) is 14.0. The molecular weight excluding hydrogens is 242 g/mol. The number of nitrogens with two attached hydrogens (primary N) is 1. The Bertz CT molecular complexity index is 397. The van der Waals surface area contributed by atoms with E-state index < -0.39 is 0 Å². The predicted molar refractivity (Wildman–Crippen MR) is 72.5 cm³/mol. The van der Waals surface area contributed by atoms with Crippen LogP contribution in [0.5, 0.6) is 0 Å². The highest BCUT2D eigenvalue weighted by atomic mass is 16.5. The van der Waals surface area contributed by atoms with Crippen molar-refractivity contribution in [1.82, 2.24) is 10.3 Å². The SMILES string of the molecule is NCCCC(=O)N[C@H]1COC[C@H]1Cc1ccncc1. The average Bonchev–Trinajstić information content (AvgIpc) is 2.85. The van der Waals surface area contributed by atoms with Crippen molar-refractivity contribution in [2.24, 2.45) is 11.7 Å². The zero-order chi connectivity index (χ0) is 13.5. The predicted octanol–water partition coefficient (Wildman–Crippen LogP) is 0.494. The summed E-state index contributed by atoms with van der Waals surface area (Å²) in [5, 5.41) is 3.05. The first-order chi connectivity index (χ1) is 9.29. The molecule has 0 radical (unpaired) electrons. The number of nitrogens with zero attached hydrogens (tertiary/aromatic N) is 1. The standard InChI is InChI=1S/C14H21N3O2/c15-5-1-2-14(18)17-13-10-19-9-12(13)8-11-3-6-16-7-4-11/h3-4,6-7,12-13H,1-2,5,8-10,15H2,(H,17,18)/t12-,13+/m1/s1. The molecule has 0 unspecified atom stereocenters. The van der Waals surface area contributed by atoms with Crippen LogP contribution in [0.4, 0.5) is 0 Å². The van der Waals surface area contributed by atoms with E-state index >= 15 is 0 Å². The van der Waals surface area contributed by atoms with E-state index in [9.17, 15) is 4.79 Å². The third kappa shape index (κ3) is 4.29. The van der Waals surface area contributed by atoms with Crippen molar-refractivity contribution >= 4 is 5.91 Å². The van der Waals surface area contributed by atoms with Gasteiger partial charge in [0.2, 0.25) is 5.91 Å². The molecule has 2 heterocycles. The Morgan fingerprint density at radius 2 is 2.21 bits per heavy atom. The average molecular weight is 263 g/mol. The molecule has 1 aromatic rings. The maximum Gasteiger partial charge on any atom is 0.220 e. The molecule has 5 nitrogen and oxygen atoms in total. The van der Waals surface area contributed by atoms with Crippen LogP contribution in [0, 0.1) is 5.92 Å². The number of aromatic nitrogens is 1. The van der Waals surface area contributed by atoms with Crippen molar-refractivity contribution in [3.63, 3.8) is 0 Å². The van der Waals surface area contributed by atoms with E-state index in [1.807, 2.05) is 12.1 Å². The number of ether oxygens (including phenoxy) is 1. The maximum atomic E-state index is 11.7. The minimum absolute atomic E-state index is 0.0701. The van der Waals surface area contributed by atoms with Crippen molar-refractivity contribution in [3.05, 3.63) is 30.1 Å². The third-order valence-electron chi connectivity index (χ3n) is 3.40. The fourth-order valence-electron chi connectivity index (χ4n) is 2.32. The second-order valence-corrected chi connectivity index (χ2v) is 4.92. The third-order valence-corrected chi connectivity index (χ3v) is 3.40. The van der Waals surface area contributed by atoms with Gasteiger partial charge < -0.3 is 15.8 Å². The Balaban J connectivity index is 1.85. The van der Waals surface area contributed by atoms with Gasteiger partial charge in [-0.2, -0.15) is 0 Å². The number of amides is 1. The van der Waals surface area contributed by atoms with Gasteiger partial charge >= 0.3 is 0 Å². The molecule has 1 amide bonds. The summed E-state index contributed by atoms with van der Waals surface area (Å²) >= 11 is 0. The Labute approximate surface area is 113 Å². The summed E-state index contributed by atoms with van der Waals surface area (Å²) in [7, 11) is 0. The summed E-state index contributed by atoms with van der Waals surface area (Å²) in [6.45, 7) is 1.85. The van der Waals surface area contributed by atoms with Crippen LogP contribution in [-0.2, 0) is 16.0 Å². The molecule has 0 spiro atoms. The maximum absolute atomic E-state index is 11.7. The van der Waals surface area contributed by atoms with Crippen LogP contribution in [0.1, 0.15) is 18.4 Å². The van der Waals surface area contributed by atoms with E-state index in [1.165, 1.54) is 5.56 Å². The Morgan fingerprint density at radius 3 is 2.95 bits per heavy atom. The van der Waals surface area contributed by atoms with Crippen LogP contribution in [0.15, 0.2) is 24.5 Å². The molecule has 1 saturated heterocycles. The molecule has 1 aromatic heterocycles. The van der Waals surface area contributed by atoms with Crippen molar-refractivity contribution in [1.29, 1.82) is 0 Å². The van der Waals surface area contributed by atoms with Crippen LogP contribution in [0.3, 0.4) is 0 Å². The number of rotatable bonds is 6. The van der Waals surface area contributed by atoms with Gasteiger partial charge in [-0.05, 0) is 37.1 Å². The van der Waals surface area contributed by atoms with Crippen molar-refractivity contribution in [2.45, 2.75) is 25.3 Å². The van der Waals surface area contributed by atoms with Gasteiger partial charge in [-0.3, -0.25) is 9.78 Å². The van der Waals surface area contributed by atoms with Gasteiger partial charge in [0.15, 0.2) is 0 Å². The Hall–Kier alpha value is -1.46. The van der Waals surface area contributed by atoms with Gasteiger partial charge in [-0.25, -0.2) is 0 Å². The number of carbonyl (C=O) groups excluding carboxylic acids is 1. The fraction of sp³-hybridized carbons (Fsp3) is 0.571. The van der Waals surface area contributed by atoms with Gasteiger partial charge in [0.1, 0.15) is 0 Å². The lowest BCUT2D eigenvalue weighted by molar-refractivity contribution is -0.122. The molecule has 5 heteroatoms. The minimum atomic E-state index is 0.0701. The summed E-state index contributed by atoms with van der Waals surface area (Å²) < 4.78 is 5.49. The van der Waals surface area contributed by atoms with E-state index in [-0.39, 0.29) is 11.9 Å². The van der Waals surface area contributed by atoms with E-state index in [1.54, 1.807) is 12.4 Å². The monoisotopic (exact) mass is 263 g/mol. The second-order valence-electron chi connectivity index (χ2n) is 4.92. The topological polar surface area (TPSA) is 77.2 Å². The summed E-state index contributed by atoms with van der Waals surface area (Å²) in [6, 6.07) is 4.12. The van der Waals surface area contributed by atoms with Gasteiger partial charge in [-0.15, -0.1) is 0 Å². The molecule has 0 bridgehead atoms. The molecule has 0 saturated carbocycles. The van der Waals surface area contributed by atoms with Crippen LogP contribution >= 0.6 is 0 Å². The van der Waals surface area contributed by atoms with E-state index in [4.69, 9.17) is 10.5 Å². The highest BCUT2D eigenvalue weighted by Gasteiger charge is 2.29. The zero-order valence-electron chi connectivity index (χ0n) is 11.0. The van der Waals surface area contributed by atoms with E-state index in [0.717, 1.165) is 12.8 Å². The molecule has 1 aliphatic rings. The smallest absolute Gasteiger partial charge is 0.220 e. The highest BCUT2D eigenvalue weighted by Crippen LogP contribution is 2.19. The van der Waals surface area contributed by atoms with Gasteiger partial charge in [0.05, 0.1) is 19.3 Å². The second kappa shape index (κ2) is 7.21. The quantitative estimate of drug-likeness (QED) is 0.783. The number of hydrogen-bond donors (Lipinski definition) is 2. The molecule has 2 rings (SSSR count). The van der Waals surface area contributed by atoms with Gasteiger partial charge in [0, 0.05) is 24.7 Å². The molecule has 3 N–H and O–H groups in total. The number of pyridine rings is 1. The minimum Gasteiger partial charge on any atom is -0.379 e. The largest absolute Gasteiger partial charge is 0.379 e. The number of nitrogens with one attached hydrogen (secondary N) is 1. The lowest BCUT2D eigenvalue weighted by atomic mass is 9.95. The van der Waals surface area contributed by atoms with E-state index in [2.05, 4.69) is 10.3 Å². The lowest BCUT2D eigenvalue weighted by Gasteiger charge is -2.19. The molecule has 104 valence electrons. The highest BCUT2D eigenvalue weighted by molar-refractivity contribution is 5.76. The summed E-state index contributed by atoms with van der Waals surface area (Å²) in [4.78, 5) is 15.7. The molecular formula is C14H21N3O2. The summed E-state index contributed by atoms with van der Waals surface area (Å²) in [5.41, 5.74) is 6.63. The first-order valence-electron chi connectivity index (χ1n) is 6.75. The van der Waals surface area contributed by atoms with Crippen molar-refractivity contribution in [3.8, 4) is 0 Å². The van der Waals surface area contributed by atoms with Gasteiger partial charge in [0.25, 0.3) is 0 Å². The van der Waals surface area contributed by atoms with E-state index in [0.29, 0.717) is 32.1 Å². The van der Waals surface area contributed by atoms with Crippen LogP contribution < -0.4 is 11.1 Å². The molecule has 1 aliphatic heterocycles. The number of hydrogen-bond acceptors (Lipinski definition) is 4. The van der Waals surface area contributed by atoms with Crippen molar-refractivity contribution < 1.29 is 9.53 Å². The van der Waals surface area contributed by atoms with Crippen LogP contribution in [-0.4, -0.2) is 36.7 Å². The first-order valence-corrected chi connectivity index (χ1v) is 6.75. The lowest BCUT2D eigenvalue weighted by Crippen LogP contribution is -2.40. The van der Waals surface area contributed by atoms with Gasteiger partial charge in [-0.1, -0.05) is 0 Å². The normalized spacial score (nSPS) is 22.4. The summed E-state index contributed by atoms with van der Waals surface area (Å²) in [6.07, 6.45) is 5.72.